The molecule has 0 radical (unpaired) electrons. The summed E-state index contributed by atoms with van der Waals surface area (Å²) in [5, 5.41) is 0. The molecule has 5 rings (SSSR count). The Labute approximate surface area is 368 Å². The van der Waals surface area contributed by atoms with Crippen LogP contribution < -0.4 is 22.6 Å². The molecule has 0 spiro atoms. The van der Waals surface area contributed by atoms with E-state index in [1.165, 1.54) is 0 Å². The zero-order chi connectivity index (χ0) is 44.8. The standard InChI is InChI=1S/C18H15O3P.C12H11O3P.C9H21O3P.C6H15O3P/c1-4-10-16(11-5-1)19-22(20-17-12-6-2-7-13-17)21-18-14-8-3-9-15-18;13-16(14-11-7-3-1-4-8-11)15-12-9-5-2-6-10-12;1-7(2)10-13(11-8(3)4)12-9(5)6;1-5(2)8-10(7)9-6(3)4/h1-15H;1-10,13H;7-9H,1-6H3;5-7H,1-4H3. The highest BCUT2D eigenvalue weighted by Gasteiger charge is 2.20. The van der Waals surface area contributed by atoms with Crippen molar-refractivity contribution in [3.05, 3.63) is 152 Å². The third-order valence-corrected chi connectivity index (χ3v) is 10.9. The highest BCUT2D eigenvalue weighted by molar-refractivity contribution is 7.43. The lowest BCUT2D eigenvalue weighted by atomic mass is 10.3. The van der Waals surface area contributed by atoms with E-state index in [1.807, 2.05) is 197 Å². The zero-order valence-electron chi connectivity index (χ0n) is 36.6. The maximum Gasteiger partial charge on any atom is 0.530 e. The number of rotatable bonds is 20. The molecular formula is C45H62O12P4. The molecule has 0 aliphatic heterocycles. The van der Waals surface area contributed by atoms with Crippen molar-refractivity contribution in [1.29, 1.82) is 0 Å². The number of hydrogen-bond donors (Lipinski definition) is 2. The number of hydrogen-bond acceptors (Lipinski definition) is 12. The maximum atomic E-state index is 9.58. The van der Waals surface area contributed by atoms with Gasteiger partial charge in [0.25, 0.3) is 0 Å². The lowest BCUT2D eigenvalue weighted by Gasteiger charge is -2.22. The summed E-state index contributed by atoms with van der Waals surface area (Å²) >= 11 is 0. The van der Waals surface area contributed by atoms with Gasteiger partial charge in [-0.25, -0.2) is 0 Å². The first-order chi connectivity index (χ1) is 29.2. The predicted molar refractivity (Wildman–Crippen MR) is 249 cm³/mol. The van der Waals surface area contributed by atoms with Gasteiger partial charge in [-0.1, -0.05) is 91.0 Å². The molecule has 2 N–H and O–H groups in total. The van der Waals surface area contributed by atoms with E-state index in [0.29, 0.717) is 28.7 Å². The van der Waals surface area contributed by atoms with E-state index >= 15 is 0 Å². The van der Waals surface area contributed by atoms with Gasteiger partial charge in [0, 0.05) is 0 Å². The summed E-state index contributed by atoms with van der Waals surface area (Å²) < 4.78 is 54.4. The minimum atomic E-state index is -1.93. The smallest absolute Gasteiger partial charge is 0.418 e. The molecule has 334 valence electrons. The molecule has 0 aliphatic carbocycles. The lowest BCUT2D eigenvalue weighted by molar-refractivity contribution is 0.0945. The van der Waals surface area contributed by atoms with Crippen LogP contribution in [-0.2, 0) is 22.6 Å². The van der Waals surface area contributed by atoms with Gasteiger partial charge >= 0.3 is 34.4 Å². The van der Waals surface area contributed by atoms with Crippen LogP contribution in [0.3, 0.4) is 0 Å². The van der Waals surface area contributed by atoms with E-state index in [9.17, 15) is 4.89 Å². The van der Waals surface area contributed by atoms with Gasteiger partial charge in [0.2, 0.25) is 0 Å². The van der Waals surface area contributed by atoms with E-state index in [2.05, 4.69) is 0 Å². The van der Waals surface area contributed by atoms with Crippen LogP contribution in [0.4, 0.5) is 0 Å². The molecule has 0 saturated heterocycles. The lowest BCUT2D eigenvalue weighted by Crippen LogP contribution is -2.09. The first kappa shape index (κ1) is 53.7. The Morgan fingerprint density at radius 3 is 0.705 bits per heavy atom. The van der Waals surface area contributed by atoms with Gasteiger partial charge in [-0.2, -0.15) is 0 Å². The van der Waals surface area contributed by atoms with Gasteiger partial charge in [-0.3, -0.25) is 0 Å². The molecule has 0 saturated carbocycles. The van der Waals surface area contributed by atoms with Crippen LogP contribution >= 0.6 is 34.4 Å². The molecule has 0 fully saturated rings. The average Bonchev–Trinajstić information content (AvgIpc) is 3.19. The van der Waals surface area contributed by atoms with Gasteiger partial charge < -0.3 is 55.0 Å². The second-order valence-corrected chi connectivity index (χ2v) is 17.5. The van der Waals surface area contributed by atoms with Crippen molar-refractivity contribution in [2.24, 2.45) is 0 Å². The van der Waals surface area contributed by atoms with Crippen LogP contribution in [0.15, 0.2) is 152 Å². The van der Waals surface area contributed by atoms with Crippen molar-refractivity contribution >= 4 is 34.4 Å². The van der Waals surface area contributed by atoms with Gasteiger partial charge in [0.15, 0.2) is 0 Å². The highest BCUT2D eigenvalue weighted by atomic mass is 31.2. The molecule has 16 heteroatoms. The second kappa shape index (κ2) is 32.2. The second-order valence-electron chi connectivity index (χ2n) is 13.7. The molecule has 0 bridgehead atoms. The summed E-state index contributed by atoms with van der Waals surface area (Å²) in [5.74, 6) is 3.31. The van der Waals surface area contributed by atoms with Gasteiger partial charge in [-0.15, -0.1) is 0 Å². The van der Waals surface area contributed by atoms with Crippen LogP contribution in [0.25, 0.3) is 0 Å². The molecule has 5 aromatic carbocycles. The van der Waals surface area contributed by atoms with E-state index in [-0.39, 0.29) is 30.5 Å². The Bertz CT molecular complexity index is 1580. The molecule has 0 heterocycles. The van der Waals surface area contributed by atoms with Crippen LogP contribution in [-0.4, -0.2) is 40.3 Å². The van der Waals surface area contributed by atoms with Crippen molar-refractivity contribution in [1.82, 2.24) is 0 Å². The molecular weight excluding hydrogens is 856 g/mol. The van der Waals surface area contributed by atoms with Crippen molar-refractivity contribution < 1.29 is 55.0 Å². The fourth-order valence-electron chi connectivity index (χ4n) is 3.90. The van der Waals surface area contributed by atoms with Gasteiger partial charge in [0.1, 0.15) is 28.7 Å². The van der Waals surface area contributed by atoms with E-state index < -0.39 is 34.4 Å². The number of para-hydroxylation sites is 5. The van der Waals surface area contributed by atoms with Crippen molar-refractivity contribution in [3.63, 3.8) is 0 Å². The third kappa shape index (κ3) is 28.7. The Kier molecular flexibility index (Phi) is 28.4. The average molecular weight is 919 g/mol. The Morgan fingerprint density at radius 1 is 0.279 bits per heavy atom. The largest absolute Gasteiger partial charge is 0.530 e. The van der Waals surface area contributed by atoms with Crippen LogP contribution in [0.2, 0.25) is 0 Å². The summed E-state index contributed by atoms with van der Waals surface area (Å²) in [6.07, 6.45) is 0.473. The first-order valence-electron chi connectivity index (χ1n) is 19.8. The van der Waals surface area contributed by atoms with Crippen LogP contribution in [0.1, 0.15) is 69.2 Å². The normalized spacial score (nSPS) is 11.0. The molecule has 61 heavy (non-hydrogen) atoms. The summed E-state index contributed by atoms with van der Waals surface area (Å²) in [7, 11) is -6.36. The maximum absolute atomic E-state index is 9.58. The van der Waals surface area contributed by atoms with Crippen molar-refractivity contribution in [2.75, 3.05) is 0 Å². The molecule has 5 aromatic rings. The molecule has 0 atom stereocenters. The van der Waals surface area contributed by atoms with Gasteiger partial charge in [0.05, 0.1) is 30.5 Å². The Hall–Kier alpha value is -3.46. The van der Waals surface area contributed by atoms with Crippen molar-refractivity contribution in [3.8, 4) is 28.7 Å². The first-order valence-corrected chi connectivity index (χ1v) is 24.2. The molecule has 0 aromatic heterocycles. The summed E-state index contributed by atoms with van der Waals surface area (Å²) in [6, 6.07) is 46.7. The fourth-order valence-corrected chi connectivity index (χ4v) is 7.48. The van der Waals surface area contributed by atoms with Crippen molar-refractivity contribution in [2.45, 2.75) is 99.8 Å². The molecule has 0 aliphatic rings. The molecule has 12 nitrogen and oxygen atoms in total. The zero-order valence-corrected chi connectivity index (χ0v) is 40.2. The number of benzene rings is 5. The third-order valence-electron chi connectivity index (χ3n) is 6.12. The molecule has 0 unspecified atom stereocenters. The van der Waals surface area contributed by atoms with Crippen LogP contribution in [0.5, 0.6) is 28.7 Å². The Morgan fingerprint density at radius 2 is 0.492 bits per heavy atom. The molecule has 0 amide bonds. The topological polar surface area (TPSA) is 133 Å². The summed E-state index contributed by atoms with van der Waals surface area (Å²) in [5.41, 5.74) is 0. The summed E-state index contributed by atoms with van der Waals surface area (Å²) in [4.78, 5) is 18.6. The minimum absolute atomic E-state index is 0.0230. The van der Waals surface area contributed by atoms with Gasteiger partial charge in [-0.05, 0) is 130 Å². The monoisotopic (exact) mass is 918 g/mol. The van der Waals surface area contributed by atoms with Crippen LogP contribution in [0, 0.1) is 0 Å². The Balaban J connectivity index is 0.000000293. The highest BCUT2D eigenvalue weighted by Crippen LogP contribution is 2.44. The SMILES string of the molecule is CC(C)OP(O)OC(C)C.CC(C)OP(OC(C)C)OC(C)C.OP(Oc1ccccc1)Oc1ccccc1.c1ccc(OP(Oc2ccccc2)Oc2ccccc2)cc1. The van der Waals surface area contributed by atoms with E-state index in [0.717, 1.165) is 0 Å². The van der Waals surface area contributed by atoms with E-state index in [1.54, 1.807) is 24.3 Å². The predicted octanol–water partition coefficient (Wildman–Crippen LogP) is 14.4. The quantitative estimate of drug-likeness (QED) is 0.0720. The minimum Gasteiger partial charge on any atom is -0.418 e. The summed E-state index contributed by atoms with van der Waals surface area (Å²) in [6.45, 7) is 19.3. The fraction of sp³-hybridized carbons (Fsp3) is 0.333. The van der Waals surface area contributed by atoms with E-state index in [4.69, 9.17) is 50.1 Å².